The quantitative estimate of drug-likeness (QED) is 0.460. The Labute approximate surface area is 202 Å². The van der Waals surface area contributed by atoms with E-state index in [1.165, 1.54) is 4.57 Å². The summed E-state index contributed by atoms with van der Waals surface area (Å²) in [6, 6.07) is 14.7. The molecule has 1 fully saturated rings. The normalized spacial score (nSPS) is 13.6. The van der Waals surface area contributed by atoms with Crippen LogP contribution in [0.5, 0.6) is 0 Å². The zero-order valence-corrected chi connectivity index (χ0v) is 19.6. The third kappa shape index (κ3) is 4.85. The number of pyridine rings is 3. The highest BCUT2D eigenvalue weighted by Crippen LogP contribution is 2.27. The number of nitrogens with one attached hydrogen (secondary N) is 2. The van der Waals surface area contributed by atoms with Crippen LogP contribution in [0.25, 0.3) is 10.8 Å². The fourth-order valence-corrected chi connectivity index (χ4v) is 4.03. The molecule has 178 valence electrons. The van der Waals surface area contributed by atoms with Crippen molar-refractivity contribution in [3.05, 3.63) is 82.4 Å². The van der Waals surface area contributed by atoms with Gasteiger partial charge < -0.3 is 24.8 Å². The van der Waals surface area contributed by atoms with Crippen LogP contribution in [0, 0.1) is 6.92 Å². The van der Waals surface area contributed by atoms with E-state index >= 15 is 0 Å². The molecule has 1 amide bonds. The Balaban J connectivity index is 1.47. The highest BCUT2D eigenvalue weighted by molar-refractivity contribution is 5.96. The van der Waals surface area contributed by atoms with Crippen LogP contribution in [0.2, 0.25) is 0 Å². The van der Waals surface area contributed by atoms with E-state index in [9.17, 15) is 9.59 Å². The fourth-order valence-electron chi connectivity index (χ4n) is 4.03. The first kappa shape index (κ1) is 22.5. The van der Waals surface area contributed by atoms with E-state index in [1.807, 2.05) is 43.3 Å². The van der Waals surface area contributed by atoms with E-state index in [-0.39, 0.29) is 11.5 Å². The minimum atomic E-state index is -0.156. The van der Waals surface area contributed by atoms with Gasteiger partial charge in [-0.3, -0.25) is 9.59 Å². The Morgan fingerprint density at radius 3 is 2.51 bits per heavy atom. The molecular formula is C26H26N6O3. The second-order valence-electron chi connectivity index (χ2n) is 8.50. The monoisotopic (exact) mass is 470 g/mol. The van der Waals surface area contributed by atoms with E-state index in [0.717, 1.165) is 10.9 Å². The zero-order chi connectivity index (χ0) is 24.4. The third-order valence-corrected chi connectivity index (χ3v) is 5.93. The van der Waals surface area contributed by atoms with Crippen molar-refractivity contribution in [1.82, 2.24) is 19.4 Å². The number of hydrogen-bond donors (Lipinski definition) is 2. The van der Waals surface area contributed by atoms with Gasteiger partial charge in [0.2, 0.25) is 0 Å². The number of nitrogens with zero attached hydrogens (tertiary/aromatic N) is 4. The number of carbonyl (C=O) groups is 1. The van der Waals surface area contributed by atoms with E-state index in [1.54, 1.807) is 36.5 Å². The lowest BCUT2D eigenvalue weighted by molar-refractivity contribution is 0.0303. The maximum Gasteiger partial charge on any atom is 0.261 e. The molecule has 4 aromatic rings. The number of morpholine rings is 1. The van der Waals surface area contributed by atoms with E-state index in [4.69, 9.17) is 4.74 Å². The lowest BCUT2D eigenvalue weighted by atomic mass is 10.1. The number of fused-ring (bicyclic) bond motifs is 1. The van der Waals surface area contributed by atoms with Crippen molar-refractivity contribution < 1.29 is 9.53 Å². The minimum Gasteiger partial charge on any atom is -0.378 e. The van der Waals surface area contributed by atoms with Crippen LogP contribution in [0.15, 0.2) is 65.7 Å². The summed E-state index contributed by atoms with van der Waals surface area (Å²) in [6.45, 7) is 4.29. The molecule has 0 radical (unpaired) electrons. The molecule has 4 heterocycles. The van der Waals surface area contributed by atoms with E-state index in [2.05, 4.69) is 20.6 Å². The smallest absolute Gasteiger partial charge is 0.261 e. The van der Waals surface area contributed by atoms with Gasteiger partial charge in [0.05, 0.1) is 18.6 Å². The summed E-state index contributed by atoms with van der Waals surface area (Å²) in [5, 5.41) is 7.72. The largest absolute Gasteiger partial charge is 0.378 e. The summed E-state index contributed by atoms with van der Waals surface area (Å²) in [4.78, 5) is 36.5. The molecule has 9 nitrogen and oxygen atoms in total. The number of ether oxygens (including phenoxy) is 1. The van der Waals surface area contributed by atoms with Gasteiger partial charge in [-0.05, 0) is 66.4 Å². The molecule has 0 saturated carbocycles. The summed E-state index contributed by atoms with van der Waals surface area (Å²) >= 11 is 0. The van der Waals surface area contributed by atoms with Crippen molar-refractivity contribution in [3.8, 4) is 0 Å². The summed E-state index contributed by atoms with van der Waals surface area (Å²) in [5.41, 5.74) is 2.24. The topological polar surface area (TPSA) is 101 Å². The number of aryl methyl sites for hydroxylation is 2. The molecule has 0 spiro atoms. The first-order valence-electron chi connectivity index (χ1n) is 11.4. The van der Waals surface area contributed by atoms with Crippen molar-refractivity contribution in [2.75, 3.05) is 36.9 Å². The van der Waals surface area contributed by atoms with Gasteiger partial charge in [0.15, 0.2) is 0 Å². The average Bonchev–Trinajstić information content (AvgIpc) is 2.87. The summed E-state index contributed by atoms with van der Waals surface area (Å²) in [6.07, 6.45) is 3.46. The lowest BCUT2D eigenvalue weighted by Gasteiger charge is -2.26. The van der Waals surface area contributed by atoms with Gasteiger partial charge in [0, 0.05) is 43.8 Å². The van der Waals surface area contributed by atoms with Crippen LogP contribution in [0.3, 0.4) is 0 Å². The Hall–Kier alpha value is -4.24. The predicted molar refractivity (Wildman–Crippen MR) is 136 cm³/mol. The van der Waals surface area contributed by atoms with Gasteiger partial charge in [-0.15, -0.1) is 0 Å². The molecule has 0 atom stereocenters. The molecule has 1 aliphatic rings. The maximum absolute atomic E-state index is 13.0. The molecule has 5 rings (SSSR count). The lowest BCUT2D eigenvalue weighted by Crippen LogP contribution is -2.40. The van der Waals surface area contributed by atoms with Gasteiger partial charge in [-0.1, -0.05) is 0 Å². The average molecular weight is 471 g/mol. The number of aromatic nitrogens is 3. The first-order chi connectivity index (χ1) is 17.0. The highest BCUT2D eigenvalue weighted by atomic mass is 16.5. The molecule has 2 N–H and O–H groups in total. The molecule has 35 heavy (non-hydrogen) atoms. The molecule has 0 unspecified atom stereocenters. The van der Waals surface area contributed by atoms with Gasteiger partial charge in [-0.2, -0.15) is 0 Å². The van der Waals surface area contributed by atoms with Crippen LogP contribution < -0.4 is 16.2 Å². The van der Waals surface area contributed by atoms with Gasteiger partial charge in [-0.25, -0.2) is 9.97 Å². The standard InChI is InChI=1S/C26H26N6O3/c1-17-7-9-27-21(15-17)29-22-16-19-8-10-31(2)26(34)23(19)24(30-22)28-20-5-3-18(4-6-20)25(33)32-11-13-35-14-12-32/h3-10,15-16H,11-14H2,1-2H3,(H2,27,28,29,30). The summed E-state index contributed by atoms with van der Waals surface area (Å²) in [7, 11) is 1.71. The number of amides is 1. The number of anilines is 4. The molecule has 3 aromatic heterocycles. The molecule has 1 aliphatic heterocycles. The van der Waals surface area contributed by atoms with Crippen LogP contribution in [-0.4, -0.2) is 51.6 Å². The first-order valence-corrected chi connectivity index (χ1v) is 11.4. The van der Waals surface area contributed by atoms with Gasteiger partial charge in [0.25, 0.3) is 11.5 Å². The van der Waals surface area contributed by atoms with Crippen LogP contribution in [0.1, 0.15) is 15.9 Å². The number of benzene rings is 1. The van der Waals surface area contributed by atoms with Crippen molar-refractivity contribution in [3.63, 3.8) is 0 Å². The molecule has 0 aliphatic carbocycles. The predicted octanol–water partition coefficient (Wildman–Crippen LogP) is 3.60. The molecule has 0 bridgehead atoms. The number of hydrogen-bond acceptors (Lipinski definition) is 7. The Morgan fingerprint density at radius 2 is 1.77 bits per heavy atom. The fraction of sp³-hybridized carbons (Fsp3) is 0.231. The van der Waals surface area contributed by atoms with Gasteiger partial charge in [0.1, 0.15) is 17.5 Å². The molecular weight excluding hydrogens is 444 g/mol. The van der Waals surface area contributed by atoms with E-state index < -0.39 is 0 Å². The Morgan fingerprint density at radius 1 is 1.00 bits per heavy atom. The zero-order valence-electron chi connectivity index (χ0n) is 19.6. The van der Waals surface area contributed by atoms with Crippen molar-refractivity contribution >= 4 is 39.8 Å². The van der Waals surface area contributed by atoms with E-state index in [0.29, 0.717) is 60.4 Å². The van der Waals surface area contributed by atoms with Gasteiger partial charge >= 0.3 is 0 Å². The molecule has 1 aromatic carbocycles. The van der Waals surface area contributed by atoms with Crippen molar-refractivity contribution in [2.24, 2.45) is 7.05 Å². The van der Waals surface area contributed by atoms with Crippen molar-refractivity contribution in [1.29, 1.82) is 0 Å². The number of rotatable bonds is 5. The maximum atomic E-state index is 13.0. The van der Waals surface area contributed by atoms with Crippen LogP contribution >= 0.6 is 0 Å². The number of carbonyl (C=O) groups excluding carboxylic acids is 1. The van der Waals surface area contributed by atoms with Crippen molar-refractivity contribution in [2.45, 2.75) is 6.92 Å². The second-order valence-corrected chi connectivity index (χ2v) is 8.50. The van der Waals surface area contributed by atoms with Crippen LogP contribution in [0.4, 0.5) is 23.1 Å². The molecule has 9 heteroatoms. The highest BCUT2D eigenvalue weighted by Gasteiger charge is 2.18. The summed E-state index contributed by atoms with van der Waals surface area (Å²) in [5.74, 6) is 1.63. The minimum absolute atomic E-state index is 0.0193. The Kier molecular flexibility index (Phi) is 6.15. The third-order valence-electron chi connectivity index (χ3n) is 5.93. The second kappa shape index (κ2) is 9.55. The SMILES string of the molecule is Cc1ccnc(Nc2cc3ccn(C)c(=O)c3c(Nc3ccc(C(=O)N4CCOCC4)cc3)n2)c1. The summed E-state index contributed by atoms with van der Waals surface area (Å²) < 4.78 is 6.85. The van der Waals surface area contributed by atoms with Crippen LogP contribution in [-0.2, 0) is 11.8 Å². The molecule has 1 saturated heterocycles. The Bertz CT molecular complexity index is 1440.